The summed E-state index contributed by atoms with van der Waals surface area (Å²) in [7, 11) is 0. The van der Waals surface area contributed by atoms with Crippen molar-refractivity contribution in [1.82, 2.24) is 0 Å². The molecule has 5 heteroatoms. The van der Waals surface area contributed by atoms with Crippen molar-refractivity contribution in [1.29, 1.82) is 0 Å². The highest BCUT2D eigenvalue weighted by Crippen LogP contribution is 2.31. The van der Waals surface area contributed by atoms with E-state index in [1.54, 1.807) is 4.90 Å². The number of amides is 1. The van der Waals surface area contributed by atoms with Crippen LogP contribution in [0.3, 0.4) is 0 Å². The fourth-order valence-electron chi connectivity index (χ4n) is 1.74. The number of nitrogen functional groups attached to an aromatic ring is 1. The highest BCUT2D eigenvalue weighted by Gasteiger charge is 2.33. The highest BCUT2D eigenvalue weighted by molar-refractivity contribution is 5.87. The minimum absolute atomic E-state index is 0.353. The van der Waals surface area contributed by atoms with Gasteiger partial charge in [0, 0.05) is 6.54 Å². The summed E-state index contributed by atoms with van der Waals surface area (Å²) in [6, 6.07) is 3.75. The molecular formula is C10H12FN3O. The van der Waals surface area contributed by atoms with Crippen LogP contribution in [-0.4, -0.2) is 18.5 Å². The molecule has 0 spiro atoms. The Balaban J connectivity index is 2.30. The van der Waals surface area contributed by atoms with E-state index in [1.807, 2.05) is 0 Å². The van der Waals surface area contributed by atoms with Crippen LogP contribution in [-0.2, 0) is 4.79 Å². The third-order valence-corrected chi connectivity index (χ3v) is 2.65. The van der Waals surface area contributed by atoms with Crippen LogP contribution in [0.4, 0.5) is 15.8 Å². The Morgan fingerprint density at radius 3 is 2.80 bits per heavy atom. The third kappa shape index (κ3) is 1.60. The first-order valence-corrected chi connectivity index (χ1v) is 4.70. The number of primary amides is 1. The van der Waals surface area contributed by atoms with Gasteiger partial charge >= 0.3 is 0 Å². The molecule has 1 heterocycles. The smallest absolute Gasteiger partial charge is 0.240 e. The number of anilines is 2. The molecule has 4 nitrogen and oxygen atoms in total. The van der Waals surface area contributed by atoms with Gasteiger partial charge < -0.3 is 16.4 Å². The molecule has 1 aliphatic rings. The Morgan fingerprint density at radius 1 is 1.53 bits per heavy atom. The quantitative estimate of drug-likeness (QED) is 0.695. The Hall–Kier alpha value is -1.78. The molecule has 1 aromatic rings. The molecular weight excluding hydrogens is 197 g/mol. The third-order valence-electron chi connectivity index (χ3n) is 2.65. The molecule has 0 aromatic heterocycles. The Kier molecular flexibility index (Phi) is 2.22. The van der Waals surface area contributed by atoms with Gasteiger partial charge in [0.2, 0.25) is 5.91 Å². The summed E-state index contributed by atoms with van der Waals surface area (Å²) in [5.41, 5.74) is 11.9. The molecule has 1 aromatic carbocycles. The van der Waals surface area contributed by atoms with Crippen LogP contribution in [0.1, 0.15) is 6.42 Å². The number of nitrogens with zero attached hydrogens (tertiary/aromatic N) is 1. The molecule has 1 unspecified atom stereocenters. The molecule has 1 fully saturated rings. The van der Waals surface area contributed by atoms with E-state index in [1.165, 1.54) is 18.2 Å². The van der Waals surface area contributed by atoms with Gasteiger partial charge in [-0.3, -0.25) is 4.79 Å². The van der Waals surface area contributed by atoms with Crippen molar-refractivity contribution in [3.8, 4) is 0 Å². The molecule has 4 N–H and O–H groups in total. The van der Waals surface area contributed by atoms with Crippen LogP contribution in [0, 0.1) is 5.82 Å². The second-order valence-electron chi connectivity index (χ2n) is 3.60. The highest BCUT2D eigenvalue weighted by atomic mass is 19.1. The van der Waals surface area contributed by atoms with Gasteiger partial charge in [-0.05, 0) is 24.6 Å². The largest absolute Gasteiger partial charge is 0.397 e. The molecule has 80 valence electrons. The second-order valence-corrected chi connectivity index (χ2v) is 3.60. The predicted octanol–water partition coefficient (Wildman–Crippen LogP) is 0.472. The number of halogens is 1. The molecule has 1 aliphatic heterocycles. The van der Waals surface area contributed by atoms with Crippen LogP contribution in [0.2, 0.25) is 0 Å². The van der Waals surface area contributed by atoms with Crippen LogP contribution >= 0.6 is 0 Å². The molecule has 15 heavy (non-hydrogen) atoms. The van der Waals surface area contributed by atoms with Gasteiger partial charge in [-0.1, -0.05) is 0 Å². The Labute approximate surface area is 86.7 Å². The maximum Gasteiger partial charge on any atom is 0.240 e. The molecule has 1 amide bonds. The summed E-state index contributed by atoms with van der Waals surface area (Å²) in [5.74, 6) is -0.765. The summed E-state index contributed by atoms with van der Waals surface area (Å²) in [6.45, 7) is 0.682. The maximum atomic E-state index is 13.0. The second kappa shape index (κ2) is 3.42. The van der Waals surface area contributed by atoms with E-state index in [9.17, 15) is 9.18 Å². The van der Waals surface area contributed by atoms with Crippen molar-refractivity contribution >= 4 is 17.3 Å². The van der Waals surface area contributed by atoms with Crippen molar-refractivity contribution in [3.63, 3.8) is 0 Å². The van der Waals surface area contributed by atoms with E-state index in [2.05, 4.69) is 0 Å². The summed E-state index contributed by atoms with van der Waals surface area (Å²) in [6.07, 6.45) is 0.700. The van der Waals surface area contributed by atoms with Crippen LogP contribution in [0.15, 0.2) is 18.2 Å². The van der Waals surface area contributed by atoms with Crippen molar-refractivity contribution < 1.29 is 9.18 Å². The summed E-state index contributed by atoms with van der Waals surface area (Å²) in [4.78, 5) is 12.7. The summed E-state index contributed by atoms with van der Waals surface area (Å²) < 4.78 is 13.0. The Bertz CT molecular complexity index is 408. The molecule has 0 bridgehead atoms. The van der Waals surface area contributed by atoms with E-state index in [0.717, 1.165) is 0 Å². The molecule has 2 rings (SSSR count). The summed E-state index contributed by atoms with van der Waals surface area (Å²) in [5, 5.41) is 0. The van der Waals surface area contributed by atoms with Gasteiger partial charge in [0.15, 0.2) is 0 Å². The average Bonchev–Trinajstić information content (AvgIpc) is 2.08. The van der Waals surface area contributed by atoms with Crippen LogP contribution in [0.5, 0.6) is 0 Å². The first kappa shape index (κ1) is 9.76. The van der Waals surface area contributed by atoms with E-state index in [0.29, 0.717) is 24.3 Å². The molecule has 1 atom stereocenters. The minimum atomic E-state index is -0.398. The van der Waals surface area contributed by atoms with E-state index in [4.69, 9.17) is 11.5 Å². The average molecular weight is 209 g/mol. The maximum absolute atomic E-state index is 13.0. The number of carbonyl (C=O) groups excluding carboxylic acids is 1. The first-order valence-electron chi connectivity index (χ1n) is 4.70. The van der Waals surface area contributed by atoms with Gasteiger partial charge in [-0.15, -0.1) is 0 Å². The van der Waals surface area contributed by atoms with Gasteiger partial charge in [0.25, 0.3) is 0 Å². The number of hydrogen-bond donors (Lipinski definition) is 2. The lowest BCUT2D eigenvalue weighted by Gasteiger charge is -2.41. The van der Waals surface area contributed by atoms with Gasteiger partial charge in [-0.2, -0.15) is 0 Å². The van der Waals surface area contributed by atoms with E-state index in [-0.39, 0.29) is 11.9 Å². The standard InChI is InChI=1S/C10H12FN3O/c11-6-1-2-7(12)9(5-6)14-4-3-8(14)10(13)15/h1-2,5,8H,3-4,12H2,(H2,13,15). The van der Waals surface area contributed by atoms with Crippen molar-refractivity contribution in [2.45, 2.75) is 12.5 Å². The number of carbonyl (C=O) groups is 1. The lowest BCUT2D eigenvalue weighted by atomic mass is 10.0. The fraction of sp³-hybridized carbons (Fsp3) is 0.300. The van der Waals surface area contributed by atoms with Gasteiger partial charge in [0.05, 0.1) is 11.4 Å². The first-order chi connectivity index (χ1) is 7.09. The van der Waals surface area contributed by atoms with Crippen molar-refractivity contribution in [3.05, 3.63) is 24.0 Å². The molecule has 0 radical (unpaired) electrons. The molecule has 1 saturated heterocycles. The minimum Gasteiger partial charge on any atom is -0.397 e. The number of hydrogen-bond acceptors (Lipinski definition) is 3. The van der Waals surface area contributed by atoms with Crippen LogP contribution < -0.4 is 16.4 Å². The van der Waals surface area contributed by atoms with Crippen molar-refractivity contribution in [2.75, 3.05) is 17.2 Å². The normalized spacial score (nSPS) is 19.8. The fourth-order valence-corrected chi connectivity index (χ4v) is 1.74. The predicted molar refractivity (Wildman–Crippen MR) is 55.8 cm³/mol. The lowest BCUT2D eigenvalue weighted by molar-refractivity contribution is -0.120. The molecule has 0 aliphatic carbocycles. The zero-order chi connectivity index (χ0) is 11.0. The zero-order valence-corrected chi connectivity index (χ0v) is 8.11. The lowest BCUT2D eigenvalue weighted by Crippen LogP contribution is -2.55. The number of benzene rings is 1. The number of nitrogens with two attached hydrogens (primary N) is 2. The zero-order valence-electron chi connectivity index (χ0n) is 8.11. The topological polar surface area (TPSA) is 72.4 Å². The SMILES string of the molecule is NC(=O)C1CCN1c1cc(F)ccc1N. The molecule has 0 saturated carbocycles. The van der Waals surface area contributed by atoms with Gasteiger partial charge in [0.1, 0.15) is 11.9 Å². The summed E-state index contributed by atoms with van der Waals surface area (Å²) >= 11 is 0. The van der Waals surface area contributed by atoms with Crippen molar-refractivity contribution in [2.24, 2.45) is 5.73 Å². The van der Waals surface area contributed by atoms with E-state index >= 15 is 0 Å². The Morgan fingerprint density at radius 2 is 2.27 bits per heavy atom. The van der Waals surface area contributed by atoms with Crippen LogP contribution in [0.25, 0.3) is 0 Å². The number of rotatable bonds is 2. The monoisotopic (exact) mass is 209 g/mol. The van der Waals surface area contributed by atoms with Gasteiger partial charge in [-0.25, -0.2) is 4.39 Å². The van der Waals surface area contributed by atoms with E-state index < -0.39 is 5.91 Å².